The molecule has 5 atom stereocenters. The molecule has 1 heterocycles. The lowest BCUT2D eigenvalue weighted by Gasteiger charge is -2.47. The first-order chi connectivity index (χ1) is 29.5. The van der Waals surface area contributed by atoms with Crippen molar-refractivity contribution in [3.8, 4) is 0 Å². The van der Waals surface area contributed by atoms with Crippen LogP contribution in [0, 0.1) is 11.8 Å². The molecule has 306 valence electrons. The smallest absolute Gasteiger partial charge is 0.0515 e. The molecular weight excluding hydrogens is 840 g/mol. The van der Waals surface area contributed by atoms with Gasteiger partial charge in [-0.15, -0.1) is 0 Å². The van der Waals surface area contributed by atoms with Crippen LogP contribution in [-0.2, 0) is 5.41 Å². The molecule has 3 heteroatoms. The Morgan fingerprint density at radius 1 is 0.783 bits per heavy atom. The molecule has 4 aliphatic rings. The Balaban J connectivity index is 1.03. The molecule has 6 aromatic rings. The molecule has 4 unspecified atom stereocenters. The minimum Gasteiger partial charge on any atom is -0.341 e. The van der Waals surface area contributed by atoms with E-state index in [2.05, 4.69) is 205 Å². The second-order valence-electron chi connectivity index (χ2n) is 18.7. The highest BCUT2D eigenvalue weighted by molar-refractivity contribution is 14.1. The minimum atomic E-state index is -0.191. The third-order valence-corrected chi connectivity index (χ3v) is 16.1. The van der Waals surface area contributed by atoms with Gasteiger partial charge in [-0.1, -0.05) is 176 Å². The van der Waals surface area contributed by atoms with Gasteiger partial charge in [0.2, 0.25) is 0 Å². The number of benzene rings is 5. The number of aromatic nitrogens is 1. The summed E-state index contributed by atoms with van der Waals surface area (Å²) < 4.78 is 3.12. The molecule has 4 aliphatic carbocycles. The van der Waals surface area contributed by atoms with Crippen LogP contribution in [-0.4, -0.2) is 14.5 Å². The van der Waals surface area contributed by atoms with E-state index in [0.717, 1.165) is 25.7 Å². The number of hydrogen-bond donors (Lipinski definition) is 0. The molecule has 0 radical (unpaired) electrons. The maximum atomic E-state index is 2.84. The van der Waals surface area contributed by atoms with E-state index in [-0.39, 0.29) is 5.41 Å². The molecule has 1 saturated carbocycles. The zero-order valence-corrected chi connectivity index (χ0v) is 38.0. The van der Waals surface area contributed by atoms with Crippen molar-refractivity contribution in [2.45, 2.75) is 118 Å². The SMILES string of the molecule is CC/C(=C\CC(C)C)C1(c2ccccc2)c2ccccc2[C@@H]2CC(I)C(N(c3ccccc3)C3CCC(c4ccc5c6ccccc6n(C6CC=CCC6)c5c4)CC3)=CC21. The highest BCUT2D eigenvalue weighted by Crippen LogP contribution is 2.63. The zero-order valence-electron chi connectivity index (χ0n) is 35.8. The molecule has 2 nitrogen and oxygen atoms in total. The lowest BCUT2D eigenvalue weighted by molar-refractivity contribution is 0.359. The Bertz CT molecular complexity index is 2550. The van der Waals surface area contributed by atoms with E-state index in [4.69, 9.17) is 0 Å². The van der Waals surface area contributed by atoms with Gasteiger partial charge in [-0.2, -0.15) is 0 Å². The Kier molecular flexibility index (Phi) is 11.2. The molecule has 0 aliphatic heterocycles. The van der Waals surface area contributed by atoms with Crippen molar-refractivity contribution in [2.24, 2.45) is 11.8 Å². The molecule has 0 amide bonds. The van der Waals surface area contributed by atoms with Gasteiger partial charge >= 0.3 is 0 Å². The predicted molar refractivity (Wildman–Crippen MR) is 264 cm³/mol. The molecule has 0 spiro atoms. The van der Waals surface area contributed by atoms with E-state index >= 15 is 0 Å². The largest absolute Gasteiger partial charge is 0.341 e. The summed E-state index contributed by atoms with van der Waals surface area (Å²) in [6.45, 7) is 7.13. The van der Waals surface area contributed by atoms with Crippen molar-refractivity contribution in [1.29, 1.82) is 0 Å². The van der Waals surface area contributed by atoms with E-state index in [9.17, 15) is 0 Å². The molecular formula is C57H61IN2. The van der Waals surface area contributed by atoms with Crippen molar-refractivity contribution in [1.82, 2.24) is 4.57 Å². The number of alkyl halides is 1. The number of allylic oxidation sites excluding steroid dienone is 6. The van der Waals surface area contributed by atoms with Crippen LogP contribution in [0.4, 0.5) is 5.69 Å². The average Bonchev–Trinajstić information content (AvgIpc) is 3.78. The molecule has 1 fully saturated rings. The first-order valence-electron chi connectivity index (χ1n) is 23.2. The van der Waals surface area contributed by atoms with Crippen LogP contribution < -0.4 is 4.90 Å². The van der Waals surface area contributed by atoms with Crippen LogP contribution in [0.25, 0.3) is 21.8 Å². The fourth-order valence-corrected chi connectivity index (χ4v) is 13.4. The number of para-hydroxylation sites is 2. The van der Waals surface area contributed by atoms with Gasteiger partial charge in [0.15, 0.2) is 0 Å². The van der Waals surface area contributed by atoms with Crippen molar-refractivity contribution in [2.75, 3.05) is 4.90 Å². The molecule has 10 rings (SSSR count). The fourth-order valence-electron chi connectivity index (χ4n) is 12.3. The van der Waals surface area contributed by atoms with Gasteiger partial charge in [0.25, 0.3) is 0 Å². The number of hydrogen-bond acceptors (Lipinski definition) is 1. The zero-order chi connectivity index (χ0) is 40.8. The number of halogens is 1. The monoisotopic (exact) mass is 900 g/mol. The topological polar surface area (TPSA) is 8.17 Å². The first kappa shape index (κ1) is 39.8. The van der Waals surface area contributed by atoms with Gasteiger partial charge in [-0.25, -0.2) is 0 Å². The third kappa shape index (κ3) is 6.82. The maximum Gasteiger partial charge on any atom is 0.0515 e. The van der Waals surface area contributed by atoms with E-state index in [0.29, 0.717) is 39.7 Å². The summed E-state index contributed by atoms with van der Waals surface area (Å²) in [4.78, 5) is 2.84. The lowest BCUT2D eigenvalue weighted by Crippen LogP contribution is -2.44. The second kappa shape index (κ2) is 16.8. The Labute approximate surface area is 372 Å². The summed E-state index contributed by atoms with van der Waals surface area (Å²) in [7, 11) is 0. The quantitative estimate of drug-likeness (QED) is 0.0755. The molecule has 5 aromatic carbocycles. The summed E-state index contributed by atoms with van der Waals surface area (Å²) in [5.74, 6) is 2.02. The third-order valence-electron chi connectivity index (χ3n) is 15.0. The van der Waals surface area contributed by atoms with Crippen LogP contribution >= 0.6 is 22.6 Å². The Morgan fingerprint density at radius 2 is 1.50 bits per heavy atom. The van der Waals surface area contributed by atoms with Gasteiger partial charge < -0.3 is 9.47 Å². The standard InChI is InChI=1S/C57H61IN2/c1-4-42(32-28-39(2)3)57(43-18-8-5-9-19-43)51-26-16-14-24-47(51)50-37-53(58)56(38-52(50)57)59(44-20-10-6-11-21-44)46-33-29-40(30-34-46)41-31-35-49-48-25-15-17-27-54(48)60(55(49)36-41)45-22-12-7-13-23-45/h5-12,14-21,24-27,31-32,35-36,38-40,45-46,50,52-53H,4,13,22-23,28-30,33-34,37H2,1-3H3/b42-32+/t40?,45?,46?,50-,52?,53?,57?/m0/s1. The van der Waals surface area contributed by atoms with E-state index in [1.807, 2.05) is 0 Å². The summed E-state index contributed by atoms with van der Waals surface area (Å²) in [5.41, 5.74) is 13.2. The van der Waals surface area contributed by atoms with E-state index in [1.165, 1.54) is 88.4 Å². The normalized spacial score (nSPS) is 26.6. The average molecular weight is 901 g/mol. The first-order valence-corrected chi connectivity index (χ1v) is 24.4. The van der Waals surface area contributed by atoms with Crippen LogP contribution in [0.15, 0.2) is 163 Å². The minimum absolute atomic E-state index is 0.191. The molecule has 0 bridgehead atoms. The molecule has 60 heavy (non-hydrogen) atoms. The van der Waals surface area contributed by atoms with Crippen LogP contribution in [0.3, 0.4) is 0 Å². The van der Waals surface area contributed by atoms with Crippen molar-refractivity contribution in [3.05, 3.63) is 185 Å². The predicted octanol–water partition coefficient (Wildman–Crippen LogP) is 15.8. The Hall–Kier alpha value is -4.35. The number of fused-ring (bicyclic) bond motifs is 6. The number of anilines is 1. The van der Waals surface area contributed by atoms with Crippen LogP contribution in [0.1, 0.15) is 125 Å². The van der Waals surface area contributed by atoms with Crippen LogP contribution in [0.2, 0.25) is 0 Å². The second-order valence-corrected chi connectivity index (χ2v) is 20.2. The molecule has 1 aromatic heterocycles. The summed E-state index contributed by atoms with van der Waals surface area (Å²) in [6.07, 6.45) is 21.9. The van der Waals surface area contributed by atoms with Gasteiger partial charge in [-0.05, 0) is 128 Å². The highest BCUT2D eigenvalue weighted by atomic mass is 127. The van der Waals surface area contributed by atoms with Gasteiger partial charge in [0, 0.05) is 56.6 Å². The molecule has 0 saturated heterocycles. The van der Waals surface area contributed by atoms with Crippen molar-refractivity contribution >= 4 is 50.1 Å². The summed E-state index contributed by atoms with van der Waals surface area (Å²) >= 11 is 2.83. The Morgan fingerprint density at radius 3 is 2.25 bits per heavy atom. The van der Waals surface area contributed by atoms with Crippen molar-refractivity contribution in [3.63, 3.8) is 0 Å². The number of nitrogens with zero attached hydrogens (tertiary/aromatic N) is 2. The maximum absolute atomic E-state index is 2.84. The van der Waals surface area contributed by atoms with Crippen LogP contribution in [0.5, 0.6) is 0 Å². The van der Waals surface area contributed by atoms with Crippen molar-refractivity contribution < 1.29 is 0 Å². The van der Waals surface area contributed by atoms with E-state index < -0.39 is 0 Å². The summed E-state index contributed by atoms with van der Waals surface area (Å²) in [5, 5.41) is 2.81. The van der Waals surface area contributed by atoms with Gasteiger partial charge in [0.05, 0.1) is 3.92 Å². The molecule has 0 N–H and O–H groups in total. The van der Waals surface area contributed by atoms with E-state index in [1.54, 1.807) is 11.1 Å². The van der Waals surface area contributed by atoms with Gasteiger partial charge in [0.1, 0.15) is 0 Å². The lowest BCUT2D eigenvalue weighted by atomic mass is 9.61. The highest BCUT2D eigenvalue weighted by Gasteiger charge is 2.56. The fraction of sp³-hybridized carbons (Fsp3) is 0.368. The summed E-state index contributed by atoms with van der Waals surface area (Å²) in [6, 6.07) is 50.2. The number of rotatable bonds is 10. The van der Waals surface area contributed by atoms with Gasteiger partial charge in [-0.3, -0.25) is 0 Å².